The molecule has 9 heteroatoms. The smallest absolute Gasteiger partial charge is 0.488 e. The van der Waals surface area contributed by atoms with E-state index in [4.69, 9.17) is 23.8 Å². The Labute approximate surface area is 259 Å². The van der Waals surface area contributed by atoms with E-state index in [1.54, 1.807) is 0 Å². The summed E-state index contributed by atoms with van der Waals surface area (Å²) in [5.74, 6) is 1.95. The molecule has 1 N–H and O–H groups in total. The monoisotopic (exact) mass is 595 g/mol. The summed E-state index contributed by atoms with van der Waals surface area (Å²) in [6.07, 6.45) is 0.522. The van der Waals surface area contributed by atoms with Gasteiger partial charge in [-0.05, 0) is 108 Å². The van der Waals surface area contributed by atoms with Crippen molar-refractivity contribution in [3.05, 3.63) is 53.9 Å². The topological polar surface area (TPSA) is 85.9 Å². The molecule has 230 valence electrons. The van der Waals surface area contributed by atoms with E-state index in [9.17, 15) is 4.79 Å². The van der Waals surface area contributed by atoms with Gasteiger partial charge in [0.15, 0.2) is 0 Å². The molecule has 0 spiro atoms. The minimum atomic E-state index is -0.567. The van der Waals surface area contributed by atoms with Crippen molar-refractivity contribution in [2.45, 2.75) is 104 Å². The molecule has 3 aromatic carbocycles. The molecule has 8 nitrogen and oxygen atoms in total. The van der Waals surface area contributed by atoms with Gasteiger partial charge in [-0.15, -0.1) is 0 Å². The quantitative estimate of drug-likeness (QED) is 0.245. The predicted molar refractivity (Wildman–Crippen MR) is 173 cm³/mol. The Hall–Kier alpha value is -3.56. The molecule has 2 saturated heterocycles. The number of ether oxygens (including phenoxy) is 2. The number of H-pyrrole nitrogens is 1. The molecule has 4 aromatic rings. The lowest BCUT2D eigenvalue weighted by Crippen LogP contribution is -2.41. The van der Waals surface area contributed by atoms with Crippen LogP contribution in [0.5, 0.6) is 5.75 Å². The number of amides is 1. The van der Waals surface area contributed by atoms with Crippen molar-refractivity contribution in [3.8, 4) is 16.9 Å². The van der Waals surface area contributed by atoms with Crippen molar-refractivity contribution in [1.29, 1.82) is 0 Å². The summed E-state index contributed by atoms with van der Waals surface area (Å²) in [6, 6.07) is 14.7. The zero-order chi connectivity index (χ0) is 31.3. The van der Waals surface area contributed by atoms with Gasteiger partial charge in [-0.2, -0.15) is 0 Å². The van der Waals surface area contributed by atoms with E-state index in [0.29, 0.717) is 12.5 Å². The second-order valence-electron chi connectivity index (χ2n) is 14.8. The lowest BCUT2D eigenvalue weighted by molar-refractivity contribution is 0.00578. The van der Waals surface area contributed by atoms with Gasteiger partial charge in [0.25, 0.3) is 0 Å². The Morgan fingerprint density at radius 2 is 1.75 bits per heavy atom. The number of nitrogens with one attached hydrogen (secondary N) is 1. The Morgan fingerprint density at radius 1 is 1.02 bits per heavy atom. The van der Waals surface area contributed by atoms with E-state index in [0.717, 1.165) is 62.0 Å². The molecule has 1 aromatic heterocycles. The number of nitrogens with zero attached hydrogens (tertiary/aromatic N) is 2. The highest BCUT2D eigenvalue weighted by Gasteiger charge is 2.52. The van der Waals surface area contributed by atoms with Gasteiger partial charge in [0.1, 0.15) is 23.8 Å². The minimum Gasteiger partial charge on any atom is -0.488 e. The van der Waals surface area contributed by atoms with Crippen molar-refractivity contribution >= 4 is 40.5 Å². The second-order valence-corrected chi connectivity index (χ2v) is 14.8. The highest BCUT2D eigenvalue weighted by atomic mass is 16.7. The number of carbonyl (C=O) groups excluding carboxylic acids is 1. The van der Waals surface area contributed by atoms with Crippen LogP contribution in [0.1, 0.15) is 86.2 Å². The first kappa shape index (κ1) is 29.2. The van der Waals surface area contributed by atoms with Crippen LogP contribution in [0.15, 0.2) is 42.5 Å². The first-order chi connectivity index (χ1) is 20.6. The largest absolute Gasteiger partial charge is 0.494 e. The van der Waals surface area contributed by atoms with Crippen LogP contribution in [0.25, 0.3) is 32.9 Å². The van der Waals surface area contributed by atoms with Gasteiger partial charge in [-0.3, -0.25) is 4.90 Å². The number of carbonyl (C=O) groups is 1. The van der Waals surface area contributed by atoms with Crippen LogP contribution in [-0.4, -0.2) is 50.9 Å². The number of fused-ring (bicyclic) bond motifs is 6. The van der Waals surface area contributed by atoms with Crippen molar-refractivity contribution in [2.75, 3.05) is 0 Å². The van der Waals surface area contributed by atoms with E-state index < -0.39 is 23.9 Å². The molecule has 3 aliphatic heterocycles. The van der Waals surface area contributed by atoms with Crippen LogP contribution in [0.4, 0.5) is 4.79 Å². The number of likely N-dealkylation sites (tertiary alicyclic amines) is 1. The molecule has 0 radical (unpaired) electrons. The third kappa shape index (κ3) is 4.67. The van der Waals surface area contributed by atoms with Gasteiger partial charge >= 0.3 is 13.2 Å². The molecule has 0 saturated carbocycles. The van der Waals surface area contributed by atoms with Crippen molar-refractivity contribution < 1.29 is 23.6 Å². The van der Waals surface area contributed by atoms with Gasteiger partial charge < -0.3 is 23.8 Å². The maximum absolute atomic E-state index is 13.3. The van der Waals surface area contributed by atoms with E-state index in [2.05, 4.69) is 89.0 Å². The molecule has 3 atom stereocenters. The van der Waals surface area contributed by atoms with Gasteiger partial charge in [0.05, 0.1) is 28.3 Å². The van der Waals surface area contributed by atoms with E-state index in [-0.39, 0.29) is 18.2 Å². The summed E-state index contributed by atoms with van der Waals surface area (Å²) in [5.41, 5.74) is 4.79. The zero-order valence-electron chi connectivity index (χ0n) is 27.2. The van der Waals surface area contributed by atoms with E-state index >= 15 is 0 Å². The van der Waals surface area contributed by atoms with Crippen molar-refractivity contribution in [1.82, 2.24) is 14.9 Å². The molecule has 0 aliphatic carbocycles. The number of rotatable bonds is 2. The minimum absolute atomic E-state index is 0.0468. The molecule has 4 heterocycles. The summed E-state index contributed by atoms with van der Waals surface area (Å²) in [7, 11) is -0.414. The first-order valence-corrected chi connectivity index (χ1v) is 15.7. The Balaban J connectivity index is 1.23. The number of benzene rings is 3. The Bertz CT molecular complexity index is 1790. The fourth-order valence-electron chi connectivity index (χ4n) is 6.69. The Morgan fingerprint density at radius 3 is 2.45 bits per heavy atom. The summed E-state index contributed by atoms with van der Waals surface area (Å²) < 4.78 is 24.7. The lowest BCUT2D eigenvalue weighted by atomic mass is 9.77. The van der Waals surface area contributed by atoms with E-state index in [1.165, 1.54) is 0 Å². The second kappa shape index (κ2) is 9.72. The number of aromatic amines is 1. The highest BCUT2D eigenvalue weighted by Crippen LogP contribution is 2.44. The molecule has 0 unspecified atom stereocenters. The normalized spacial score (nSPS) is 24.0. The van der Waals surface area contributed by atoms with Crippen molar-refractivity contribution in [3.63, 3.8) is 0 Å². The molecule has 0 bridgehead atoms. The maximum Gasteiger partial charge on any atom is 0.494 e. The summed E-state index contributed by atoms with van der Waals surface area (Å²) in [4.78, 5) is 23.7. The van der Waals surface area contributed by atoms with Gasteiger partial charge in [-0.25, -0.2) is 9.78 Å². The van der Waals surface area contributed by atoms with Crippen LogP contribution in [0.3, 0.4) is 0 Å². The molecule has 7 rings (SSSR count). The summed E-state index contributed by atoms with van der Waals surface area (Å²) in [6.45, 7) is 18.7. The molecular weight excluding hydrogens is 553 g/mol. The highest BCUT2D eigenvalue weighted by molar-refractivity contribution is 6.62. The Kier molecular flexibility index (Phi) is 6.44. The SMILES string of the molecule is C[C@@H]1C[C@@H](c2nc3ccc4cc5c(cc4c3[nH]2)OCc2cc(B3OC(C)(C)C(C)(C)O3)ccc2-5)N(C(=O)OC(C)(C)C)[C@@H]1C. The summed E-state index contributed by atoms with van der Waals surface area (Å²) in [5, 5.41) is 2.13. The van der Waals surface area contributed by atoms with Gasteiger partial charge in [0, 0.05) is 17.0 Å². The van der Waals surface area contributed by atoms with Crippen molar-refractivity contribution in [2.24, 2.45) is 5.92 Å². The van der Waals surface area contributed by atoms with Crippen LogP contribution < -0.4 is 10.2 Å². The average molecular weight is 596 g/mol. The average Bonchev–Trinajstić information content (AvgIpc) is 3.57. The molecule has 2 fully saturated rings. The van der Waals surface area contributed by atoms with Crippen LogP contribution >= 0.6 is 0 Å². The third-order valence-electron chi connectivity index (χ3n) is 10.0. The number of hydrogen-bond donors (Lipinski definition) is 1. The van der Waals surface area contributed by atoms with Crippen LogP contribution in [0, 0.1) is 5.92 Å². The summed E-state index contributed by atoms with van der Waals surface area (Å²) >= 11 is 0. The standard InChI is InChI=1S/C35H42BN3O5/c1-19-14-28(39(20(19)2)32(40)42-33(3,4)5)31-37-27-13-10-21-16-26-24-12-11-23(36-43-34(6,7)35(8,9)44-36)15-22(24)18-41-29(26)17-25(21)30(27)38-31/h10-13,15-17,19-20,28H,14,18H2,1-9H3,(H,37,38)/t19-,20-,28+/m1/s1. The fourth-order valence-corrected chi connectivity index (χ4v) is 6.69. The molecule has 1 amide bonds. The number of imidazole rings is 1. The third-order valence-corrected chi connectivity index (χ3v) is 10.0. The molecule has 44 heavy (non-hydrogen) atoms. The zero-order valence-corrected chi connectivity index (χ0v) is 27.2. The molecule has 3 aliphatic rings. The van der Waals surface area contributed by atoms with Crippen LogP contribution in [-0.2, 0) is 20.7 Å². The predicted octanol–water partition coefficient (Wildman–Crippen LogP) is 7.28. The maximum atomic E-state index is 13.3. The van der Waals surface area contributed by atoms with E-state index in [1.807, 2.05) is 25.7 Å². The molecular formula is C35H42BN3O5. The van der Waals surface area contributed by atoms with Gasteiger partial charge in [-0.1, -0.05) is 31.2 Å². The lowest BCUT2D eigenvalue weighted by Gasteiger charge is -2.32. The van der Waals surface area contributed by atoms with Crippen LogP contribution in [0.2, 0.25) is 0 Å². The van der Waals surface area contributed by atoms with Gasteiger partial charge in [0.2, 0.25) is 0 Å². The number of hydrogen-bond acceptors (Lipinski definition) is 6. The first-order valence-electron chi connectivity index (χ1n) is 15.7. The number of aromatic nitrogens is 2. The fraction of sp³-hybridized carbons (Fsp3) is 0.486.